The molecule has 0 unspecified atom stereocenters. The largest absolute Gasteiger partial charge is 0.449 e. The zero-order valence-electron chi connectivity index (χ0n) is 18.2. The van der Waals surface area contributed by atoms with E-state index in [-0.39, 0.29) is 18.0 Å². The lowest BCUT2D eigenvalue weighted by molar-refractivity contribution is -0.121. The summed E-state index contributed by atoms with van der Waals surface area (Å²) < 4.78 is 8.11. The highest BCUT2D eigenvalue weighted by atomic mass is 35.5. The van der Waals surface area contributed by atoms with Crippen LogP contribution in [0.4, 0.5) is 0 Å². The molecule has 170 valence electrons. The Morgan fingerprint density at radius 3 is 2.41 bits per heavy atom. The van der Waals surface area contributed by atoms with Gasteiger partial charge in [-0.2, -0.15) is 0 Å². The zero-order valence-corrected chi connectivity index (χ0v) is 19.0. The number of para-hydroxylation sites is 1. The van der Waals surface area contributed by atoms with Crippen LogP contribution < -0.4 is 16.6 Å². The van der Waals surface area contributed by atoms with Crippen LogP contribution in [0, 0.1) is 6.92 Å². The summed E-state index contributed by atoms with van der Waals surface area (Å²) >= 11 is 5.98. The Labute approximate surface area is 198 Å². The highest BCUT2D eigenvalue weighted by molar-refractivity contribution is 6.30. The predicted octanol–water partition coefficient (Wildman–Crippen LogP) is 4.18. The second-order valence-electron chi connectivity index (χ2n) is 8.02. The fourth-order valence-corrected chi connectivity index (χ4v) is 4.05. The van der Waals surface area contributed by atoms with Gasteiger partial charge in [0.05, 0.1) is 5.69 Å². The first-order valence-corrected chi connectivity index (χ1v) is 11.1. The average molecular weight is 474 g/mol. The summed E-state index contributed by atoms with van der Waals surface area (Å²) in [7, 11) is 0. The standard InChI is InChI=1S/C26H20ClN3O4/c1-16-6-8-17(9-7-16)14-28-22(31)15-29-23-20-4-2-3-5-21(20)34-24(23)25(32)30(26(29)33)19-12-10-18(27)11-13-19/h2-13H,14-15H2,1H3,(H,28,31). The van der Waals surface area contributed by atoms with Gasteiger partial charge in [0.15, 0.2) is 0 Å². The predicted molar refractivity (Wildman–Crippen MR) is 132 cm³/mol. The van der Waals surface area contributed by atoms with E-state index < -0.39 is 11.2 Å². The van der Waals surface area contributed by atoms with Crippen LogP contribution in [0.3, 0.4) is 0 Å². The van der Waals surface area contributed by atoms with Crippen LogP contribution in [0.25, 0.3) is 27.8 Å². The number of carbonyl (C=O) groups is 1. The maximum Gasteiger partial charge on any atom is 0.336 e. The molecule has 0 spiro atoms. The molecule has 5 rings (SSSR count). The number of furan rings is 1. The highest BCUT2D eigenvalue weighted by Gasteiger charge is 2.22. The van der Waals surface area contributed by atoms with Gasteiger partial charge in [-0.3, -0.25) is 14.2 Å². The second kappa shape index (κ2) is 8.68. The van der Waals surface area contributed by atoms with Crippen molar-refractivity contribution in [1.29, 1.82) is 0 Å². The summed E-state index contributed by atoms with van der Waals surface area (Å²) in [4.78, 5) is 39.7. The summed E-state index contributed by atoms with van der Waals surface area (Å²) in [6.07, 6.45) is 0. The van der Waals surface area contributed by atoms with Crippen LogP contribution in [0.5, 0.6) is 0 Å². The minimum Gasteiger partial charge on any atom is -0.449 e. The minimum absolute atomic E-state index is 0.00193. The van der Waals surface area contributed by atoms with Crippen molar-refractivity contribution >= 4 is 39.6 Å². The van der Waals surface area contributed by atoms with Crippen LogP contribution in [0.2, 0.25) is 5.02 Å². The van der Waals surface area contributed by atoms with Gasteiger partial charge in [0.2, 0.25) is 11.5 Å². The maximum absolute atomic E-state index is 13.5. The number of aromatic nitrogens is 2. The van der Waals surface area contributed by atoms with Gasteiger partial charge < -0.3 is 9.73 Å². The van der Waals surface area contributed by atoms with Crippen molar-refractivity contribution in [3.63, 3.8) is 0 Å². The number of aryl methyl sites for hydroxylation is 1. The molecule has 0 saturated carbocycles. The molecular formula is C26H20ClN3O4. The summed E-state index contributed by atoms with van der Waals surface area (Å²) in [5, 5.41) is 3.90. The van der Waals surface area contributed by atoms with Gasteiger partial charge in [-0.25, -0.2) is 9.36 Å². The molecule has 2 heterocycles. The molecule has 0 bridgehead atoms. The molecule has 0 atom stereocenters. The van der Waals surface area contributed by atoms with Crippen LogP contribution in [-0.2, 0) is 17.9 Å². The first-order chi connectivity index (χ1) is 16.4. The highest BCUT2D eigenvalue weighted by Crippen LogP contribution is 2.26. The molecule has 34 heavy (non-hydrogen) atoms. The van der Waals surface area contributed by atoms with E-state index >= 15 is 0 Å². The normalized spacial score (nSPS) is 11.2. The molecule has 0 saturated heterocycles. The SMILES string of the molecule is Cc1ccc(CNC(=O)Cn2c(=O)n(-c3ccc(Cl)cc3)c(=O)c3oc4ccccc4c32)cc1. The van der Waals surface area contributed by atoms with E-state index in [1.54, 1.807) is 48.5 Å². The van der Waals surface area contributed by atoms with Gasteiger partial charge in [0.25, 0.3) is 0 Å². The Morgan fingerprint density at radius 2 is 1.68 bits per heavy atom. The maximum atomic E-state index is 13.5. The third-order valence-corrected chi connectivity index (χ3v) is 5.91. The fraction of sp³-hybridized carbons (Fsp3) is 0.115. The lowest BCUT2D eigenvalue weighted by Crippen LogP contribution is -2.41. The molecule has 5 aromatic rings. The number of halogens is 1. The zero-order chi connectivity index (χ0) is 23.8. The van der Waals surface area contributed by atoms with E-state index in [1.807, 2.05) is 31.2 Å². The molecule has 7 nitrogen and oxygen atoms in total. The third-order valence-electron chi connectivity index (χ3n) is 5.66. The molecule has 0 fully saturated rings. The van der Waals surface area contributed by atoms with Crippen molar-refractivity contribution in [1.82, 2.24) is 14.5 Å². The number of nitrogens with zero attached hydrogens (tertiary/aromatic N) is 2. The lowest BCUT2D eigenvalue weighted by Gasteiger charge is -2.12. The van der Waals surface area contributed by atoms with E-state index in [2.05, 4.69) is 5.32 Å². The number of hydrogen-bond acceptors (Lipinski definition) is 4. The molecule has 0 aliphatic carbocycles. The topological polar surface area (TPSA) is 86.2 Å². The van der Waals surface area contributed by atoms with Crippen LogP contribution in [-0.4, -0.2) is 15.0 Å². The molecule has 0 aliphatic heterocycles. The Bertz CT molecular complexity index is 1650. The second-order valence-corrected chi connectivity index (χ2v) is 8.46. The molecule has 8 heteroatoms. The van der Waals surface area contributed by atoms with Gasteiger partial charge in [-0.05, 0) is 48.9 Å². The Hall–Kier alpha value is -4.10. The van der Waals surface area contributed by atoms with Crippen molar-refractivity contribution in [2.75, 3.05) is 0 Å². The number of hydrogen-bond donors (Lipinski definition) is 1. The van der Waals surface area contributed by atoms with Crippen molar-refractivity contribution < 1.29 is 9.21 Å². The monoisotopic (exact) mass is 473 g/mol. The number of rotatable bonds is 5. The average Bonchev–Trinajstić information content (AvgIpc) is 3.23. The molecule has 1 N–H and O–H groups in total. The van der Waals surface area contributed by atoms with Gasteiger partial charge in [0.1, 0.15) is 17.6 Å². The van der Waals surface area contributed by atoms with Gasteiger partial charge in [-0.15, -0.1) is 0 Å². The van der Waals surface area contributed by atoms with Crippen molar-refractivity contribution in [3.05, 3.63) is 110 Å². The minimum atomic E-state index is -0.642. The molecule has 1 amide bonds. The summed E-state index contributed by atoms with van der Waals surface area (Å²) in [6.45, 7) is 2.03. The number of nitrogens with one attached hydrogen (secondary N) is 1. The van der Waals surface area contributed by atoms with E-state index in [0.29, 0.717) is 33.7 Å². The van der Waals surface area contributed by atoms with E-state index in [0.717, 1.165) is 15.7 Å². The Morgan fingerprint density at radius 1 is 0.971 bits per heavy atom. The van der Waals surface area contributed by atoms with Gasteiger partial charge in [0, 0.05) is 17.0 Å². The van der Waals surface area contributed by atoms with Crippen molar-refractivity contribution in [2.24, 2.45) is 0 Å². The first kappa shape index (κ1) is 21.7. The number of fused-ring (bicyclic) bond motifs is 3. The Kier molecular flexibility index (Phi) is 5.55. The van der Waals surface area contributed by atoms with E-state index in [1.165, 1.54) is 4.57 Å². The number of amides is 1. The quantitative estimate of drug-likeness (QED) is 0.415. The first-order valence-electron chi connectivity index (χ1n) is 10.7. The fourth-order valence-electron chi connectivity index (χ4n) is 3.92. The van der Waals surface area contributed by atoms with Crippen LogP contribution >= 0.6 is 11.6 Å². The summed E-state index contributed by atoms with van der Waals surface area (Å²) in [5.74, 6) is -0.365. The Balaban J connectivity index is 1.62. The molecule has 0 aliphatic rings. The molecule has 2 aromatic heterocycles. The van der Waals surface area contributed by atoms with E-state index in [4.69, 9.17) is 16.0 Å². The molecule has 0 radical (unpaired) electrons. The van der Waals surface area contributed by atoms with Crippen molar-refractivity contribution in [3.8, 4) is 5.69 Å². The van der Waals surface area contributed by atoms with Crippen LogP contribution in [0.1, 0.15) is 11.1 Å². The van der Waals surface area contributed by atoms with E-state index in [9.17, 15) is 14.4 Å². The molecular weight excluding hydrogens is 454 g/mol. The number of benzene rings is 3. The van der Waals surface area contributed by atoms with Gasteiger partial charge >= 0.3 is 11.2 Å². The van der Waals surface area contributed by atoms with Crippen LogP contribution in [0.15, 0.2) is 86.8 Å². The summed E-state index contributed by atoms with van der Waals surface area (Å²) in [6, 6.07) is 21.2. The number of carbonyl (C=O) groups excluding carboxylic acids is 1. The summed E-state index contributed by atoms with van der Waals surface area (Å²) in [5.41, 5.74) is 1.90. The van der Waals surface area contributed by atoms with Gasteiger partial charge in [-0.1, -0.05) is 53.6 Å². The molecule has 3 aromatic carbocycles. The smallest absolute Gasteiger partial charge is 0.336 e. The lowest BCUT2D eigenvalue weighted by atomic mass is 10.1. The van der Waals surface area contributed by atoms with Crippen molar-refractivity contribution in [2.45, 2.75) is 20.0 Å². The third kappa shape index (κ3) is 3.91.